The third kappa shape index (κ3) is 3.51. The lowest BCUT2D eigenvalue weighted by atomic mass is 10.0. The van der Waals surface area contributed by atoms with Gasteiger partial charge in [0.05, 0.1) is 6.54 Å². The van der Waals surface area contributed by atoms with Gasteiger partial charge in [-0.3, -0.25) is 4.90 Å². The summed E-state index contributed by atoms with van der Waals surface area (Å²) in [5.41, 5.74) is 8.41. The Bertz CT molecular complexity index is 580. The molecule has 2 N–H and O–H groups in total. The van der Waals surface area contributed by atoms with E-state index >= 15 is 0 Å². The third-order valence-electron chi connectivity index (χ3n) is 3.54. The molecule has 3 nitrogen and oxygen atoms in total. The third-order valence-corrected chi connectivity index (χ3v) is 4.39. The van der Waals surface area contributed by atoms with Crippen LogP contribution in [0.3, 0.4) is 0 Å². The fourth-order valence-electron chi connectivity index (χ4n) is 2.31. The van der Waals surface area contributed by atoms with Gasteiger partial charge >= 0.3 is 0 Å². The second kappa shape index (κ2) is 6.57. The zero-order valence-corrected chi connectivity index (χ0v) is 13.8. The maximum atomic E-state index is 5.97. The predicted molar refractivity (Wildman–Crippen MR) is 85.6 cm³/mol. The Morgan fingerprint density at radius 3 is 2.55 bits per heavy atom. The summed E-state index contributed by atoms with van der Waals surface area (Å²) in [6.45, 7) is 5.37. The highest BCUT2D eigenvalue weighted by Gasteiger charge is 2.17. The molecule has 4 heteroatoms. The Labute approximate surface area is 128 Å². The first kappa shape index (κ1) is 15.3. The minimum Gasteiger partial charge on any atom is -0.465 e. The molecular weight excluding hydrogens is 316 g/mol. The van der Waals surface area contributed by atoms with Crippen LogP contribution in [0.25, 0.3) is 0 Å². The maximum Gasteiger partial charge on any atom is 0.118 e. The first-order chi connectivity index (χ1) is 9.51. The van der Waals surface area contributed by atoms with Crippen molar-refractivity contribution >= 4 is 15.9 Å². The lowest BCUT2D eigenvalue weighted by molar-refractivity contribution is 0.221. The topological polar surface area (TPSA) is 42.4 Å². The van der Waals surface area contributed by atoms with Crippen LogP contribution in [0.5, 0.6) is 0 Å². The van der Waals surface area contributed by atoms with Gasteiger partial charge in [-0.25, -0.2) is 0 Å². The highest BCUT2D eigenvalue weighted by atomic mass is 79.9. The Kier molecular flexibility index (Phi) is 5.02. The molecule has 0 radical (unpaired) electrons. The maximum absolute atomic E-state index is 5.97. The summed E-state index contributed by atoms with van der Waals surface area (Å²) < 4.78 is 6.76. The molecule has 1 unspecified atom stereocenters. The Balaban J connectivity index is 2.16. The Morgan fingerprint density at radius 2 is 2.00 bits per heavy atom. The molecule has 1 aromatic heterocycles. The van der Waals surface area contributed by atoms with Crippen LogP contribution >= 0.6 is 15.9 Å². The summed E-state index contributed by atoms with van der Waals surface area (Å²) in [4.78, 5) is 2.22. The zero-order valence-electron chi connectivity index (χ0n) is 12.2. The molecule has 0 saturated heterocycles. The van der Waals surface area contributed by atoms with Crippen LogP contribution in [-0.4, -0.2) is 18.5 Å². The van der Waals surface area contributed by atoms with E-state index in [1.807, 2.05) is 19.1 Å². The zero-order chi connectivity index (χ0) is 14.7. The standard InChI is InChI=1S/C16H21BrN2O/c1-11-4-6-13(8-15(11)17)16(9-18)19(3)10-14-7-5-12(2)20-14/h4-8,16H,9-10,18H2,1-3H3. The summed E-state index contributed by atoms with van der Waals surface area (Å²) in [6, 6.07) is 10.6. The van der Waals surface area contributed by atoms with Gasteiger partial charge in [-0.1, -0.05) is 28.1 Å². The van der Waals surface area contributed by atoms with Crippen molar-refractivity contribution in [2.45, 2.75) is 26.4 Å². The van der Waals surface area contributed by atoms with Crippen LogP contribution in [0.1, 0.15) is 28.7 Å². The molecule has 1 aromatic carbocycles. The highest BCUT2D eigenvalue weighted by Crippen LogP contribution is 2.25. The molecule has 1 heterocycles. The van der Waals surface area contributed by atoms with Crippen molar-refractivity contribution < 1.29 is 4.42 Å². The van der Waals surface area contributed by atoms with Crippen molar-refractivity contribution in [3.8, 4) is 0 Å². The van der Waals surface area contributed by atoms with Gasteiger partial charge in [0, 0.05) is 17.1 Å². The van der Waals surface area contributed by atoms with E-state index in [0.29, 0.717) is 6.54 Å². The SMILES string of the molecule is Cc1ccc(CN(C)C(CN)c2ccc(C)c(Br)c2)o1. The number of nitrogens with two attached hydrogens (primary N) is 1. The smallest absolute Gasteiger partial charge is 0.118 e. The summed E-state index contributed by atoms with van der Waals surface area (Å²) >= 11 is 3.58. The number of hydrogen-bond acceptors (Lipinski definition) is 3. The summed E-state index contributed by atoms with van der Waals surface area (Å²) in [6.07, 6.45) is 0. The van der Waals surface area contributed by atoms with Crippen molar-refractivity contribution in [1.29, 1.82) is 0 Å². The average molecular weight is 337 g/mol. The molecule has 0 aliphatic carbocycles. The lowest BCUT2D eigenvalue weighted by Crippen LogP contribution is -2.30. The van der Waals surface area contributed by atoms with E-state index in [4.69, 9.17) is 10.2 Å². The minimum atomic E-state index is 0.178. The van der Waals surface area contributed by atoms with E-state index in [2.05, 4.69) is 53.0 Å². The van der Waals surface area contributed by atoms with Crippen molar-refractivity contribution in [2.75, 3.05) is 13.6 Å². The van der Waals surface area contributed by atoms with Crippen LogP contribution < -0.4 is 5.73 Å². The van der Waals surface area contributed by atoms with E-state index in [0.717, 1.165) is 22.5 Å². The summed E-state index contributed by atoms with van der Waals surface area (Å²) in [7, 11) is 2.07. The molecule has 0 bridgehead atoms. The fraction of sp³-hybridized carbons (Fsp3) is 0.375. The molecule has 0 fully saturated rings. The quantitative estimate of drug-likeness (QED) is 0.903. The van der Waals surface area contributed by atoms with Gasteiger partial charge < -0.3 is 10.2 Å². The molecule has 20 heavy (non-hydrogen) atoms. The number of halogens is 1. The number of aryl methyl sites for hydroxylation is 2. The van der Waals surface area contributed by atoms with Crippen LogP contribution in [-0.2, 0) is 6.54 Å². The van der Waals surface area contributed by atoms with Crippen LogP contribution in [0.15, 0.2) is 39.2 Å². The molecule has 0 saturated carbocycles. The molecule has 0 aliphatic heterocycles. The largest absolute Gasteiger partial charge is 0.465 e. The lowest BCUT2D eigenvalue weighted by Gasteiger charge is -2.27. The second-order valence-electron chi connectivity index (χ2n) is 5.19. The van der Waals surface area contributed by atoms with Gasteiger partial charge in [-0.15, -0.1) is 0 Å². The molecule has 0 amide bonds. The van der Waals surface area contributed by atoms with Gasteiger partial charge in [0.2, 0.25) is 0 Å². The summed E-state index contributed by atoms with van der Waals surface area (Å²) in [5.74, 6) is 1.91. The first-order valence-electron chi connectivity index (χ1n) is 6.73. The molecule has 1 atom stereocenters. The van der Waals surface area contributed by atoms with Crippen molar-refractivity contribution in [1.82, 2.24) is 4.90 Å². The normalized spacial score (nSPS) is 12.9. The first-order valence-corrected chi connectivity index (χ1v) is 7.52. The number of furan rings is 1. The number of likely N-dealkylation sites (N-methyl/N-ethyl adjacent to an activating group) is 1. The van der Waals surface area contributed by atoms with Crippen molar-refractivity contribution in [2.24, 2.45) is 5.73 Å². The van der Waals surface area contributed by atoms with Crippen molar-refractivity contribution in [3.63, 3.8) is 0 Å². The predicted octanol–water partition coefficient (Wildman–Crippen LogP) is 3.79. The number of rotatable bonds is 5. The molecule has 2 aromatic rings. The summed E-state index contributed by atoms with van der Waals surface area (Å²) in [5, 5.41) is 0. The molecule has 108 valence electrons. The minimum absolute atomic E-state index is 0.178. The van der Waals surface area contributed by atoms with E-state index < -0.39 is 0 Å². The van der Waals surface area contributed by atoms with Gasteiger partial charge in [0.1, 0.15) is 11.5 Å². The monoisotopic (exact) mass is 336 g/mol. The van der Waals surface area contributed by atoms with E-state index in [-0.39, 0.29) is 6.04 Å². The number of nitrogens with zero attached hydrogens (tertiary/aromatic N) is 1. The van der Waals surface area contributed by atoms with E-state index in [9.17, 15) is 0 Å². The van der Waals surface area contributed by atoms with Crippen LogP contribution in [0, 0.1) is 13.8 Å². The van der Waals surface area contributed by atoms with E-state index in [1.54, 1.807) is 0 Å². The van der Waals surface area contributed by atoms with Gasteiger partial charge in [0.15, 0.2) is 0 Å². The number of benzene rings is 1. The second-order valence-corrected chi connectivity index (χ2v) is 6.04. The fourth-order valence-corrected chi connectivity index (χ4v) is 2.71. The Hall–Kier alpha value is -1.10. The van der Waals surface area contributed by atoms with E-state index in [1.165, 1.54) is 11.1 Å². The van der Waals surface area contributed by atoms with Gasteiger partial charge in [0.25, 0.3) is 0 Å². The van der Waals surface area contributed by atoms with Gasteiger partial charge in [-0.05, 0) is 50.2 Å². The highest BCUT2D eigenvalue weighted by molar-refractivity contribution is 9.10. The molecule has 2 rings (SSSR count). The molecule has 0 spiro atoms. The van der Waals surface area contributed by atoms with Crippen LogP contribution in [0.2, 0.25) is 0 Å². The number of hydrogen-bond donors (Lipinski definition) is 1. The van der Waals surface area contributed by atoms with Crippen LogP contribution in [0.4, 0.5) is 0 Å². The Morgan fingerprint density at radius 1 is 1.25 bits per heavy atom. The average Bonchev–Trinajstić information content (AvgIpc) is 2.80. The van der Waals surface area contributed by atoms with Crippen molar-refractivity contribution in [3.05, 3.63) is 57.5 Å². The van der Waals surface area contributed by atoms with Gasteiger partial charge in [-0.2, -0.15) is 0 Å². The molecular formula is C16H21BrN2O. The molecule has 0 aliphatic rings.